The summed E-state index contributed by atoms with van der Waals surface area (Å²) in [5.41, 5.74) is 5.27. The van der Waals surface area contributed by atoms with Gasteiger partial charge in [0.05, 0.1) is 0 Å². The molecule has 0 radical (unpaired) electrons. The van der Waals surface area contributed by atoms with E-state index in [1.165, 1.54) is 0 Å². The highest BCUT2D eigenvalue weighted by atomic mass is 16.5. The summed E-state index contributed by atoms with van der Waals surface area (Å²) in [6.07, 6.45) is -1.57. The van der Waals surface area contributed by atoms with Crippen molar-refractivity contribution in [2.45, 2.75) is 18.6 Å². The average molecular weight is 239 g/mol. The predicted molar refractivity (Wildman–Crippen MR) is 58.7 cm³/mol. The van der Waals surface area contributed by atoms with Gasteiger partial charge in [-0.25, -0.2) is 4.79 Å². The number of nitrogens with two attached hydrogens (primary N) is 1. The third-order valence-corrected chi connectivity index (χ3v) is 2.08. The molecule has 0 fully saturated rings. The van der Waals surface area contributed by atoms with Crippen molar-refractivity contribution in [2.75, 3.05) is 0 Å². The van der Waals surface area contributed by atoms with Crippen molar-refractivity contribution in [3.8, 4) is 5.75 Å². The minimum absolute atomic E-state index is 0.292. The molecule has 0 aromatic heterocycles. The lowest BCUT2D eigenvalue weighted by Crippen LogP contribution is -2.39. The molecule has 1 aromatic rings. The Kier molecular flexibility index (Phi) is 4.47. The van der Waals surface area contributed by atoms with E-state index < -0.39 is 24.1 Å². The minimum Gasteiger partial charge on any atom is -0.480 e. The fourth-order valence-corrected chi connectivity index (χ4v) is 1.19. The molecule has 1 rings (SSSR count). The van der Waals surface area contributed by atoms with E-state index in [4.69, 9.17) is 20.7 Å². The number of carbonyl (C=O) groups is 2. The van der Waals surface area contributed by atoms with Crippen LogP contribution in [0.2, 0.25) is 0 Å². The highest BCUT2D eigenvalue weighted by Crippen LogP contribution is 2.13. The van der Waals surface area contributed by atoms with Crippen LogP contribution in [0.4, 0.5) is 0 Å². The molecule has 0 heterocycles. The topological polar surface area (TPSA) is 110 Å². The van der Waals surface area contributed by atoms with Crippen LogP contribution >= 0.6 is 0 Å². The van der Waals surface area contributed by atoms with Crippen molar-refractivity contribution in [1.29, 1.82) is 0 Å². The molecule has 0 spiro atoms. The molecule has 6 heteroatoms. The molecule has 0 amide bonds. The second-order valence-electron chi connectivity index (χ2n) is 3.44. The van der Waals surface area contributed by atoms with Gasteiger partial charge in [0.25, 0.3) is 0 Å². The number of benzene rings is 1. The summed E-state index contributed by atoms with van der Waals surface area (Å²) < 4.78 is 5.15. The number of hydrogen-bond acceptors (Lipinski definition) is 4. The molecule has 6 nitrogen and oxygen atoms in total. The van der Waals surface area contributed by atoms with Gasteiger partial charge < -0.3 is 20.7 Å². The molecule has 2 atom stereocenters. The third-order valence-electron chi connectivity index (χ3n) is 2.08. The van der Waals surface area contributed by atoms with Crippen LogP contribution in [-0.4, -0.2) is 34.3 Å². The highest BCUT2D eigenvalue weighted by Gasteiger charge is 2.25. The number of hydrogen-bond donors (Lipinski definition) is 3. The van der Waals surface area contributed by atoms with E-state index in [9.17, 15) is 9.59 Å². The first-order valence-corrected chi connectivity index (χ1v) is 4.93. The average Bonchev–Trinajstić information content (AvgIpc) is 2.29. The molecule has 0 aliphatic carbocycles. The van der Waals surface area contributed by atoms with Gasteiger partial charge in [-0.3, -0.25) is 4.79 Å². The van der Waals surface area contributed by atoms with E-state index >= 15 is 0 Å². The van der Waals surface area contributed by atoms with Gasteiger partial charge in [-0.15, -0.1) is 0 Å². The monoisotopic (exact) mass is 239 g/mol. The van der Waals surface area contributed by atoms with Crippen LogP contribution in [-0.2, 0) is 9.59 Å². The SMILES string of the molecule is NC(CC(Oc1ccccc1)C(=O)O)C(=O)O. The summed E-state index contributed by atoms with van der Waals surface area (Å²) in [6, 6.07) is 7.03. The van der Waals surface area contributed by atoms with Crippen molar-refractivity contribution in [1.82, 2.24) is 0 Å². The van der Waals surface area contributed by atoms with E-state index in [-0.39, 0.29) is 6.42 Å². The summed E-state index contributed by atoms with van der Waals surface area (Å²) in [5, 5.41) is 17.5. The van der Waals surface area contributed by atoms with Crippen molar-refractivity contribution in [2.24, 2.45) is 5.73 Å². The van der Waals surface area contributed by atoms with Crippen LogP contribution in [0.1, 0.15) is 6.42 Å². The van der Waals surface area contributed by atoms with Crippen LogP contribution in [0.5, 0.6) is 5.75 Å². The van der Waals surface area contributed by atoms with Gasteiger partial charge in [0, 0.05) is 6.42 Å². The number of carboxylic acid groups (broad SMARTS) is 2. The van der Waals surface area contributed by atoms with E-state index in [1.54, 1.807) is 30.3 Å². The predicted octanol–water partition coefficient (Wildman–Crippen LogP) is 0.321. The Bertz CT molecular complexity index is 392. The standard InChI is InChI=1S/C11H13NO5/c12-8(10(13)14)6-9(11(15)16)17-7-4-2-1-3-5-7/h1-5,8-9H,6,12H2,(H,13,14)(H,15,16). The van der Waals surface area contributed by atoms with Gasteiger partial charge >= 0.3 is 11.9 Å². The third kappa shape index (κ3) is 4.12. The molecule has 2 unspecified atom stereocenters. The van der Waals surface area contributed by atoms with Gasteiger partial charge in [-0.1, -0.05) is 18.2 Å². The Labute approximate surface area is 97.6 Å². The Morgan fingerprint density at radius 1 is 1.18 bits per heavy atom. The molecular weight excluding hydrogens is 226 g/mol. The van der Waals surface area contributed by atoms with E-state index in [0.29, 0.717) is 5.75 Å². The van der Waals surface area contributed by atoms with E-state index in [1.807, 2.05) is 0 Å². The number of carboxylic acids is 2. The zero-order valence-electron chi connectivity index (χ0n) is 8.95. The van der Waals surface area contributed by atoms with Crippen molar-refractivity contribution < 1.29 is 24.5 Å². The van der Waals surface area contributed by atoms with E-state index in [2.05, 4.69) is 0 Å². The van der Waals surface area contributed by atoms with Gasteiger partial charge in [0.1, 0.15) is 11.8 Å². The maximum atomic E-state index is 10.9. The normalized spacial score (nSPS) is 13.7. The first-order chi connectivity index (χ1) is 8.00. The lowest BCUT2D eigenvalue weighted by Gasteiger charge is -2.16. The Morgan fingerprint density at radius 2 is 1.76 bits per heavy atom. The zero-order chi connectivity index (χ0) is 12.8. The highest BCUT2D eigenvalue weighted by molar-refractivity contribution is 5.77. The van der Waals surface area contributed by atoms with Gasteiger partial charge in [-0.2, -0.15) is 0 Å². The summed E-state index contributed by atoms with van der Waals surface area (Å²) in [5.74, 6) is -2.14. The molecule has 4 N–H and O–H groups in total. The molecule has 17 heavy (non-hydrogen) atoms. The summed E-state index contributed by atoms with van der Waals surface area (Å²) in [4.78, 5) is 21.4. The summed E-state index contributed by atoms with van der Waals surface area (Å²) in [6.45, 7) is 0. The second-order valence-corrected chi connectivity index (χ2v) is 3.44. The van der Waals surface area contributed by atoms with Crippen molar-refractivity contribution in [3.63, 3.8) is 0 Å². The molecule has 0 aliphatic rings. The fourth-order valence-electron chi connectivity index (χ4n) is 1.19. The molecular formula is C11H13NO5. The number of para-hydroxylation sites is 1. The molecule has 1 aromatic carbocycles. The lowest BCUT2D eigenvalue weighted by molar-refractivity contribution is -0.146. The first kappa shape index (κ1) is 13.0. The minimum atomic E-state index is -1.27. The molecule has 0 aliphatic heterocycles. The number of aliphatic carboxylic acids is 2. The van der Waals surface area contributed by atoms with Crippen LogP contribution in [0, 0.1) is 0 Å². The van der Waals surface area contributed by atoms with Crippen LogP contribution in [0.25, 0.3) is 0 Å². The first-order valence-electron chi connectivity index (χ1n) is 4.93. The zero-order valence-corrected chi connectivity index (χ0v) is 8.95. The lowest BCUT2D eigenvalue weighted by atomic mass is 10.1. The molecule has 0 saturated carbocycles. The molecule has 0 saturated heterocycles. The Balaban J connectivity index is 2.67. The van der Waals surface area contributed by atoms with Crippen molar-refractivity contribution >= 4 is 11.9 Å². The van der Waals surface area contributed by atoms with Crippen molar-refractivity contribution in [3.05, 3.63) is 30.3 Å². The Hall–Kier alpha value is -2.08. The maximum Gasteiger partial charge on any atom is 0.344 e. The van der Waals surface area contributed by atoms with Crippen LogP contribution in [0.3, 0.4) is 0 Å². The van der Waals surface area contributed by atoms with Gasteiger partial charge in [0.15, 0.2) is 6.10 Å². The van der Waals surface area contributed by atoms with Gasteiger partial charge in [0.2, 0.25) is 0 Å². The number of ether oxygens (including phenoxy) is 1. The fraction of sp³-hybridized carbons (Fsp3) is 0.273. The largest absolute Gasteiger partial charge is 0.480 e. The van der Waals surface area contributed by atoms with Gasteiger partial charge in [-0.05, 0) is 12.1 Å². The number of rotatable bonds is 6. The quantitative estimate of drug-likeness (QED) is 0.659. The Morgan fingerprint density at radius 3 is 2.24 bits per heavy atom. The summed E-state index contributed by atoms with van der Waals surface area (Å²) >= 11 is 0. The second kappa shape index (κ2) is 5.86. The maximum absolute atomic E-state index is 10.9. The molecule has 92 valence electrons. The summed E-state index contributed by atoms with van der Waals surface area (Å²) in [7, 11) is 0. The van der Waals surface area contributed by atoms with Crippen LogP contribution in [0.15, 0.2) is 30.3 Å². The van der Waals surface area contributed by atoms with Crippen LogP contribution < -0.4 is 10.5 Å². The smallest absolute Gasteiger partial charge is 0.344 e. The molecule has 0 bridgehead atoms. The van der Waals surface area contributed by atoms with E-state index in [0.717, 1.165) is 0 Å².